The summed E-state index contributed by atoms with van der Waals surface area (Å²) in [5.74, 6) is -0.682. The van der Waals surface area contributed by atoms with Gasteiger partial charge in [0.2, 0.25) is 0 Å². The van der Waals surface area contributed by atoms with Crippen molar-refractivity contribution in [3.8, 4) is 5.82 Å². The molecule has 0 bridgehead atoms. The zero-order valence-electron chi connectivity index (χ0n) is 13.2. The summed E-state index contributed by atoms with van der Waals surface area (Å²) in [5, 5.41) is 16.4. The summed E-state index contributed by atoms with van der Waals surface area (Å²) in [6.45, 7) is 0.954. The van der Waals surface area contributed by atoms with Gasteiger partial charge in [-0.1, -0.05) is 0 Å². The summed E-state index contributed by atoms with van der Waals surface area (Å²) in [7, 11) is 0. The number of fused-ring (bicyclic) bond motifs is 1. The first-order chi connectivity index (χ1) is 12.1. The average molecular weight is 344 g/mol. The summed E-state index contributed by atoms with van der Waals surface area (Å²) in [6, 6.07) is 3.03. The predicted octanol–water partition coefficient (Wildman–Crippen LogP) is 0.227. The van der Waals surface area contributed by atoms with Crippen LogP contribution in [0.25, 0.3) is 5.82 Å². The molecule has 2 atom stereocenters. The van der Waals surface area contributed by atoms with E-state index in [-0.39, 0.29) is 25.1 Å². The Hall–Kier alpha value is -3.01. The maximum absolute atomic E-state index is 12.6. The summed E-state index contributed by atoms with van der Waals surface area (Å²) < 4.78 is 6.77. The lowest BCUT2D eigenvalue weighted by Crippen LogP contribution is -2.41. The van der Waals surface area contributed by atoms with Crippen LogP contribution >= 0.6 is 0 Å². The van der Waals surface area contributed by atoms with Crippen LogP contribution in [0.2, 0.25) is 0 Å². The van der Waals surface area contributed by atoms with E-state index >= 15 is 0 Å². The normalized spacial score (nSPS) is 25.0. The number of likely N-dealkylation sites (tertiary alicyclic amines) is 1. The number of carboxylic acids is 1. The first-order valence-corrected chi connectivity index (χ1v) is 7.77. The number of anilines is 1. The summed E-state index contributed by atoms with van der Waals surface area (Å²) in [4.78, 5) is 33.9. The van der Waals surface area contributed by atoms with Gasteiger partial charge < -0.3 is 20.1 Å². The fraction of sp³-hybridized carbons (Fsp3) is 0.400. The Morgan fingerprint density at radius 2 is 2.32 bits per heavy atom. The van der Waals surface area contributed by atoms with Crippen LogP contribution in [0.1, 0.15) is 0 Å². The van der Waals surface area contributed by atoms with Crippen molar-refractivity contribution >= 4 is 17.7 Å². The Morgan fingerprint density at radius 3 is 3.04 bits per heavy atom. The number of carbonyl (C=O) groups excluding carboxylic acids is 1. The predicted molar refractivity (Wildman–Crippen MR) is 84.1 cm³/mol. The number of nitrogens with one attached hydrogen (secondary N) is 1. The number of hydrogen-bond acceptors (Lipinski definition) is 6. The van der Waals surface area contributed by atoms with Crippen LogP contribution in [0.3, 0.4) is 0 Å². The van der Waals surface area contributed by atoms with Crippen LogP contribution in [-0.2, 0) is 9.53 Å². The van der Waals surface area contributed by atoms with Crippen molar-refractivity contribution in [3.63, 3.8) is 0 Å². The minimum atomic E-state index is -1.01. The van der Waals surface area contributed by atoms with Crippen LogP contribution in [0.5, 0.6) is 0 Å². The molecule has 0 aromatic carbocycles. The zero-order chi connectivity index (χ0) is 17.4. The molecule has 0 radical (unpaired) electrons. The van der Waals surface area contributed by atoms with Gasteiger partial charge in [-0.2, -0.15) is 5.10 Å². The zero-order valence-corrected chi connectivity index (χ0v) is 13.2. The number of amides is 2. The maximum atomic E-state index is 12.6. The van der Waals surface area contributed by atoms with E-state index in [4.69, 9.17) is 4.74 Å². The van der Waals surface area contributed by atoms with Gasteiger partial charge in [0, 0.05) is 25.2 Å². The molecule has 10 nitrogen and oxygen atoms in total. The van der Waals surface area contributed by atoms with Crippen molar-refractivity contribution < 1.29 is 19.4 Å². The van der Waals surface area contributed by atoms with Gasteiger partial charge in [-0.15, -0.1) is 0 Å². The van der Waals surface area contributed by atoms with E-state index in [1.165, 1.54) is 22.2 Å². The van der Waals surface area contributed by atoms with Crippen LogP contribution < -0.4 is 5.32 Å². The smallest absolute Gasteiger partial charge is 0.321 e. The number of carbonyl (C=O) groups is 2. The molecule has 2 fully saturated rings. The molecule has 2 aromatic heterocycles. The van der Waals surface area contributed by atoms with Gasteiger partial charge in [0.1, 0.15) is 18.1 Å². The van der Waals surface area contributed by atoms with Crippen LogP contribution in [0.4, 0.5) is 10.5 Å². The molecule has 4 heterocycles. The number of ether oxygens (including phenoxy) is 1. The van der Waals surface area contributed by atoms with E-state index in [2.05, 4.69) is 20.4 Å². The molecule has 0 aliphatic carbocycles. The van der Waals surface area contributed by atoms with Crippen LogP contribution in [0.15, 0.2) is 31.0 Å². The largest absolute Gasteiger partial charge is 0.481 e. The Bertz CT molecular complexity index is 810. The molecule has 0 spiro atoms. The molecule has 2 amide bonds. The molecule has 2 N–H and O–H groups in total. The number of aliphatic carboxylic acids is 1. The van der Waals surface area contributed by atoms with E-state index in [1.807, 2.05) is 0 Å². The van der Waals surface area contributed by atoms with E-state index in [0.717, 1.165) is 0 Å². The van der Waals surface area contributed by atoms with E-state index < -0.39 is 11.4 Å². The quantitative estimate of drug-likeness (QED) is 0.817. The Labute approximate surface area is 142 Å². The van der Waals surface area contributed by atoms with Crippen molar-refractivity contribution in [2.75, 3.05) is 31.6 Å². The second-order valence-corrected chi connectivity index (χ2v) is 6.20. The molecule has 130 valence electrons. The highest BCUT2D eigenvalue weighted by Gasteiger charge is 2.57. The molecule has 2 aliphatic rings. The van der Waals surface area contributed by atoms with Gasteiger partial charge in [-0.3, -0.25) is 4.79 Å². The lowest BCUT2D eigenvalue weighted by molar-refractivity contribution is -0.149. The van der Waals surface area contributed by atoms with Crippen molar-refractivity contribution in [2.45, 2.75) is 0 Å². The van der Waals surface area contributed by atoms with Crippen LogP contribution in [0, 0.1) is 11.3 Å². The molecule has 2 aromatic rings. The number of aromatic nitrogens is 4. The van der Waals surface area contributed by atoms with E-state index in [9.17, 15) is 14.7 Å². The van der Waals surface area contributed by atoms with Gasteiger partial charge in [0.05, 0.1) is 18.9 Å². The molecule has 0 unspecified atom stereocenters. The molecular formula is C15H16N6O4. The number of pyridine rings is 1. The maximum Gasteiger partial charge on any atom is 0.321 e. The number of carboxylic acid groups (broad SMARTS) is 1. The molecule has 2 aliphatic heterocycles. The van der Waals surface area contributed by atoms with Gasteiger partial charge >= 0.3 is 12.0 Å². The topological polar surface area (TPSA) is 122 Å². The van der Waals surface area contributed by atoms with Gasteiger partial charge in [0.25, 0.3) is 0 Å². The third kappa shape index (κ3) is 2.50. The monoisotopic (exact) mass is 344 g/mol. The standard InChI is InChI=1S/C15H16N6O4/c22-13(23)15-6-20(4-10(15)5-25-7-15)14(24)19-11-2-1-3-17-12(11)21-9-16-8-18-21/h1-3,8-10H,4-7H2,(H,19,24)(H,22,23)/t10-,15-/m1/s1. The lowest BCUT2D eigenvalue weighted by atomic mass is 9.81. The van der Waals surface area contributed by atoms with Crippen molar-refractivity contribution in [1.82, 2.24) is 24.6 Å². The number of hydrogen-bond donors (Lipinski definition) is 2. The van der Waals surface area contributed by atoms with E-state index in [1.54, 1.807) is 18.3 Å². The second kappa shape index (κ2) is 5.81. The number of urea groups is 1. The van der Waals surface area contributed by atoms with E-state index in [0.29, 0.717) is 24.7 Å². The minimum Gasteiger partial charge on any atom is -0.481 e. The fourth-order valence-electron chi connectivity index (χ4n) is 3.38. The van der Waals surface area contributed by atoms with Crippen LogP contribution in [-0.4, -0.2) is 68.1 Å². The molecule has 2 saturated heterocycles. The molecule has 0 saturated carbocycles. The highest BCUT2D eigenvalue weighted by atomic mass is 16.5. The SMILES string of the molecule is O=C(Nc1cccnc1-n1cncn1)N1C[C@@H]2COC[C@]2(C(=O)O)C1. The van der Waals surface area contributed by atoms with Crippen molar-refractivity contribution in [3.05, 3.63) is 31.0 Å². The highest BCUT2D eigenvalue weighted by molar-refractivity contribution is 5.92. The van der Waals surface area contributed by atoms with Gasteiger partial charge in [0.15, 0.2) is 5.82 Å². The lowest BCUT2D eigenvalue weighted by Gasteiger charge is -2.22. The Morgan fingerprint density at radius 1 is 1.44 bits per heavy atom. The van der Waals surface area contributed by atoms with Gasteiger partial charge in [-0.25, -0.2) is 19.4 Å². The summed E-state index contributed by atoms with van der Waals surface area (Å²) >= 11 is 0. The third-order valence-electron chi connectivity index (χ3n) is 4.75. The Balaban J connectivity index is 1.54. The first kappa shape index (κ1) is 15.5. The highest BCUT2D eigenvalue weighted by Crippen LogP contribution is 2.41. The molecule has 10 heteroatoms. The Kier molecular flexibility index (Phi) is 3.61. The molecular weight excluding hydrogens is 328 g/mol. The van der Waals surface area contributed by atoms with Crippen molar-refractivity contribution in [1.29, 1.82) is 0 Å². The number of rotatable bonds is 3. The summed E-state index contributed by atoms with van der Waals surface area (Å²) in [5.41, 5.74) is -0.545. The second-order valence-electron chi connectivity index (χ2n) is 6.20. The first-order valence-electron chi connectivity index (χ1n) is 7.77. The number of nitrogens with zero attached hydrogens (tertiary/aromatic N) is 5. The minimum absolute atomic E-state index is 0.123. The van der Waals surface area contributed by atoms with Crippen molar-refractivity contribution in [2.24, 2.45) is 11.3 Å². The summed E-state index contributed by atoms with van der Waals surface area (Å²) in [6.07, 6.45) is 4.44. The molecule has 25 heavy (non-hydrogen) atoms. The molecule has 4 rings (SSSR count). The third-order valence-corrected chi connectivity index (χ3v) is 4.75. The fourth-order valence-corrected chi connectivity index (χ4v) is 3.38. The average Bonchev–Trinajstić information content (AvgIpc) is 3.31. The van der Waals surface area contributed by atoms with Gasteiger partial charge in [-0.05, 0) is 12.1 Å².